The molecular weight excluding hydrogens is 713 g/mol. The summed E-state index contributed by atoms with van der Waals surface area (Å²) in [5.74, 6) is -0.731. The maximum atomic E-state index is 13.6. The van der Waals surface area contributed by atoms with Crippen LogP contribution in [0.1, 0.15) is 56.5 Å². The number of rotatable bonds is 14. The Kier molecular flexibility index (Phi) is 17.1. The normalized spacial score (nSPS) is 15.7. The Morgan fingerprint density at radius 1 is 1.28 bits per heavy atom. The van der Waals surface area contributed by atoms with Gasteiger partial charge in [0.25, 0.3) is 0 Å². The van der Waals surface area contributed by atoms with Gasteiger partial charge in [-0.3, -0.25) is 27.0 Å². The maximum absolute atomic E-state index is 13.6. The first-order valence-electron chi connectivity index (χ1n) is 13.7. The van der Waals surface area contributed by atoms with E-state index in [1.807, 2.05) is 0 Å². The fourth-order valence-corrected chi connectivity index (χ4v) is 5.87. The number of halogens is 4. The Balaban J connectivity index is 0.00000529. The van der Waals surface area contributed by atoms with Gasteiger partial charge < -0.3 is 39.2 Å². The van der Waals surface area contributed by atoms with Gasteiger partial charge in [-0.05, 0) is 72.2 Å². The Hall–Kier alpha value is -2.84. The molecule has 3 rings (SSSR count). The predicted octanol–water partition coefficient (Wildman–Crippen LogP) is 2.11. The van der Waals surface area contributed by atoms with Crippen LogP contribution < -0.4 is 33.0 Å². The molecular formula is C30H38F3ILiN7O4-2. The minimum atomic E-state index is -4.75. The molecule has 0 spiro atoms. The van der Waals surface area contributed by atoms with Crippen molar-refractivity contribution in [3.05, 3.63) is 78.3 Å². The van der Waals surface area contributed by atoms with Crippen molar-refractivity contribution in [3.8, 4) is 0 Å². The summed E-state index contributed by atoms with van der Waals surface area (Å²) in [4.78, 5) is 25.7. The largest absolute Gasteiger partial charge is 1.00 e. The number of carbonyl (C=O) groups is 2. The van der Waals surface area contributed by atoms with Crippen molar-refractivity contribution in [2.45, 2.75) is 76.7 Å². The topological polar surface area (TPSA) is 153 Å². The van der Waals surface area contributed by atoms with Crippen molar-refractivity contribution in [1.82, 2.24) is 23.9 Å². The fourth-order valence-electron chi connectivity index (χ4n) is 4.17. The number of carbonyl (C=O) groups excluding carboxylic acids is 2. The van der Waals surface area contributed by atoms with Crippen LogP contribution in [-0.4, -0.2) is 62.1 Å². The van der Waals surface area contributed by atoms with Gasteiger partial charge >= 0.3 is 31.1 Å². The summed E-state index contributed by atoms with van der Waals surface area (Å²) in [6, 6.07) is 8.37. The molecule has 2 atom stereocenters. The van der Waals surface area contributed by atoms with Gasteiger partial charge in [0.05, 0.1) is 23.5 Å². The average Bonchev–Trinajstić information content (AvgIpc) is 3.40. The molecule has 1 fully saturated rings. The maximum Gasteiger partial charge on any atom is 1.00 e. The second-order valence-electron chi connectivity index (χ2n) is 10.7. The Bertz CT molecular complexity index is 1360. The summed E-state index contributed by atoms with van der Waals surface area (Å²) in [6.45, 7) is 9.15. The second kappa shape index (κ2) is 19.1. The molecule has 2 aromatic rings. The molecule has 46 heavy (non-hydrogen) atoms. The van der Waals surface area contributed by atoms with Gasteiger partial charge in [-0.2, -0.15) is 18.3 Å². The van der Waals surface area contributed by atoms with E-state index in [0.717, 1.165) is 35.6 Å². The number of benzene rings is 1. The van der Waals surface area contributed by atoms with E-state index in [1.165, 1.54) is 0 Å². The van der Waals surface area contributed by atoms with Gasteiger partial charge in [-0.25, -0.2) is 8.32 Å². The molecule has 0 bridgehead atoms. The average molecular weight is 752 g/mol. The summed E-state index contributed by atoms with van der Waals surface area (Å²) in [5.41, 5.74) is -1.98. The number of nitrogens with one attached hydrogen (secondary N) is 4. The van der Waals surface area contributed by atoms with E-state index in [9.17, 15) is 28.2 Å². The van der Waals surface area contributed by atoms with Crippen LogP contribution in [0.3, 0.4) is 0 Å². The smallest absolute Gasteiger partial charge is 0.911 e. The van der Waals surface area contributed by atoms with E-state index < -0.39 is 56.5 Å². The van der Waals surface area contributed by atoms with Crippen molar-refractivity contribution >= 4 is 48.9 Å². The summed E-state index contributed by atoms with van der Waals surface area (Å²) in [7, 11) is 0. The van der Waals surface area contributed by atoms with Gasteiger partial charge in [0, 0.05) is 10.6 Å². The van der Waals surface area contributed by atoms with E-state index in [1.54, 1.807) is 48.2 Å². The molecule has 2 heterocycles. The Labute approximate surface area is 289 Å². The molecule has 1 aliphatic heterocycles. The molecule has 1 saturated heterocycles. The number of hydrogen-bond donors (Lipinski definition) is 4. The zero-order chi connectivity index (χ0) is 32.3. The third-order valence-electron chi connectivity index (χ3n) is 6.31. The van der Waals surface area contributed by atoms with E-state index >= 15 is 0 Å². The number of alkyl halides is 3. The Morgan fingerprint density at radius 3 is 2.59 bits per heavy atom. The van der Waals surface area contributed by atoms with Crippen molar-refractivity contribution in [1.29, 1.82) is 5.41 Å². The summed E-state index contributed by atoms with van der Waals surface area (Å²) in [6.07, 6.45) is -2.68. The molecule has 1 aromatic heterocycles. The number of alkyl carbamates (subject to hydrolysis) is 1. The van der Waals surface area contributed by atoms with Crippen LogP contribution >= 0.6 is 21.0 Å². The van der Waals surface area contributed by atoms with Crippen LogP contribution in [0.15, 0.2) is 42.0 Å². The van der Waals surface area contributed by atoms with Gasteiger partial charge in [-0.1, -0.05) is 30.3 Å². The standard InChI is InChI=1S/C29H35F3IN7O4.CH3.Li/c1-19(16-34)13-22(36-27(42)44-17-20-9-5-4-6-10-20)26(41)37-28(2,3)18-40-23(14-24(39-40)29(30,31)32)21(35)15-33-38-25-11-7-8-12-43-25;;/h1,4-6,9-10,14-16,22,25,35,38H,7-8,11-13,17-18H2,2-3H3,(H,36,42)(H,37,41);1H3;/q-2;-1;+1/t22-,25?;;/m1../s1. The first-order valence-corrected chi connectivity index (χ1v) is 16.0. The second-order valence-corrected chi connectivity index (χ2v) is 12.6. The third kappa shape index (κ3) is 13.5. The van der Waals surface area contributed by atoms with Crippen LogP contribution in [0.5, 0.6) is 0 Å². The van der Waals surface area contributed by atoms with Crippen LogP contribution in [0.4, 0.5) is 18.0 Å². The van der Waals surface area contributed by atoms with Crippen LogP contribution in [0.25, 0.3) is 5.41 Å². The van der Waals surface area contributed by atoms with E-state index in [2.05, 4.69) is 19.3 Å². The molecule has 0 radical (unpaired) electrons. The van der Waals surface area contributed by atoms with E-state index in [4.69, 9.17) is 21.5 Å². The molecule has 11 nitrogen and oxygen atoms in total. The molecule has 1 aromatic carbocycles. The quantitative estimate of drug-likeness (QED) is 0.0764. The van der Waals surface area contributed by atoms with Gasteiger partial charge in [0.1, 0.15) is 18.9 Å². The molecule has 248 valence electrons. The SMILES string of the molecule is [CH-]=C(C=[N-])C[C@@H](NC(=O)OCc1ccccc1)C(=O)NC(C)(C)Cn1nc(C(F)(F)F)cc1C(=N)C=INC1CCCCO1.[CH3-].[Li+]. The van der Waals surface area contributed by atoms with Crippen molar-refractivity contribution in [2.75, 3.05) is 6.61 Å². The van der Waals surface area contributed by atoms with Crippen LogP contribution in [0, 0.1) is 19.4 Å². The van der Waals surface area contributed by atoms with Gasteiger partial charge in [-0.15, -0.1) is 0 Å². The van der Waals surface area contributed by atoms with Crippen molar-refractivity contribution in [3.63, 3.8) is 0 Å². The number of hydrogen-bond acceptors (Lipinski definition) is 7. The molecule has 2 amide bonds. The first kappa shape index (κ1) is 41.2. The molecule has 1 unspecified atom stereocenters. The van der Waals surface area contributed by atoms with E-state index in [0.29, 0.717) is 12.8 Å². The third-order valence-corrected chi connectivity index (χ3v) is 8.30. The summed E-state index contributed by atoms with van der Waals surface area (Å²) in [5, 5.41) is 26.5. The zero-order valence-corrected chi connectivity index (χ0v) is 28.4. The van der Waals surface area contributed by atoms with Crippen LogP contribution in [-0.2, 0) is 33.6 Å². The van der Waals surface area contributed by atoms with Gasteiger partial charge in [0.2, 0.25) is 5.91 Å². The minimum absolute atomic E-state index is 0. The molecule has 16 heteroatoms. The zero-order valence-electron chi connectivity index (χ0n) is 26.3. The Morgan fingerprint density at radius 2 is 1.98 bits per heavy atom. The van der Waals surface area contributed by atoms with Crippen molar-refractivity contribution in [2.24, 2.45) is 0 Å². The number of nitrogens with zero attached hydrogens (tertiary/aromatic N) is 3. The molecule has 0 saturated carbocycles. The monoisotopic (exact) mass is 751 g/mol. The molecule has 1 aliphatic rings. The number of ether oxygens (including phenoxy) is 2. The molecule has 4 N–H and O–H groups in total. The van der Waals surface area contributed by atoms with Crippen molar-refractivity contribution < 1.29 is 51.1 Å². The van der Waals surface area contributed by atoms with E-state index in [-0.39, 0.29) is 69.1 Å². The number of aromatic nitrogens is 2. The first-order chi connectivity index (χ1) is 20.8. The van der Waals surface area contributed by atoms with Crippen LogP contribution in [0.2, 0.25) is 0 Å². The number of amides is 2. The predicted molar refractivity (Wildman–Crippen MR) is 175 cm³/mol. The minimum Gasteiger partial charge on any atom is -0.911 e. The molecule has 0 aliphatic carbocycles. The summed E-state index contributed by atoms with van der Waals surface area (Å²) >= 11 is -0.900. The van der Waals surface area contributed by atoms with Gasteiger partial charge in [0.15, 0.2) is 5.69 Å². The summed E-state index contributed by atoms with van der Waals surface area (Å²) < 4.78 is 57.4. The fraction of sp³-hybridized carbons (Fsp3) is 0.433.